The Morgan fingerprint density at radius 2 is 2.10 bits per heavy atom. The predicted octanol–water partition coefficient (Wildman–Crippen LogP) is 3.96. The van der Waals surface area contributed by atoms with E-state index in [9.17, 15) is 4.79 Å². The molecule has 0 radical (unpaired) electrons. The SMILES string of the molecule is CC[C@@H](C)n1nccc1NC(=O)[C@@H](C)Sc1nnc(-c2cccnc2)n1C1CC1. The Morgan fingerprint density at radius 1 is 1.28 bits per heavy atom. The van der Waals surface area contributed by atoms with E-state index in [-0.39, 0.29) is 17.2 Å². The Labute approximate surface area is 174 Å². The second kappa shape index (κ2) is 8.36. The Bertz CT molecular complexity index is 980. The molecule has 0 spiro atoms. The van der Waals surface area contributed by atoms with E-state index in [1.54, 1.807) is 18.6 Å². The van der Waals surface area contributed by atoms with Crippen molar-refractivity contribution in [2.24, 2.45) is 0 Å². The average molecular weight is 412 g/mol. The van der Waals surface area contributed by atoms with Crippen LogP contribution in [0.1, 0.15) is 52.1 Å². The number of carbonyl (C=O) groups excluding carboxylic acids is 1. The summed E-state index contributed by atoms with van der Waals surface area (Å²) in [6, 6.07) is 6.32. The fraction of sp³-hybridized carbons (Fsp3) is 0.450. The van der Waals surface area contributed by atoms with Crippen molar-refractivity contribution < 1.29 is 4.79 Å². The Balaban J connectivity index is 1.50. The number of anilines is 1. The molecule has 0 unspecified atom stereocenters. The quantitative estimate of drug-likeness (QED) is 0.564. The monoisotopic (exact) mass is 411 g/mol. The van der Waals surface area contributed by atoms with Crippen LogP contribution in [0.5, 0.6) is 0 Å². The summed E-state index contributed by atoms with van der Waals surface area (Å²) in [6.07, 6.45) is 8.40. The number of pyridine rings is 1. The molecule has 3 heterocycles. The maximum Gasteiger partial charge on any atom is 0.238 e. The summed E-state index contributed by atoms with van der Waals surface area (Å²) >= 11 is 1.43. The molecular weight excluding hydrogens is 386 g/mol. The van der Waals surface area contributed by atoms with Crippen LogP contribution >= 0.6 is 11.8 Å². The number of rotatable bonds is 8. The minimum atomic E-state index is -0.321. The minimum Gasteiger partial charge on any atom is -0.310 e. The van der Waals surface area contributed by atoms with E-state index in [2.05, 4.69) is 44.0 Å². The van der Waals surface area contributed by atoms with E-state index >= 15 is 0 Å². The lowest BCUT2D eigenvalue weighted by Gasteiger charge is -2.16. The molecule has 1 fully saturated rings. The summed E-state index contributed by atoms with van der Waals surface area (Å²) < 4.78 is 4.00. The van der Waals surface area contributed by atoms with Gasteiger partial charge in [-0.15, -0.1) is 10.2 Å². The summed E-state index contributed by atoms with van der Waals surface area (Å²) in [4.78, 5) is 17.0. The molecule has 0 saturated heterocycles. The first-order valence-corrected chi connectivity index (χ1v) is 10.8. The van der Waals surface area contributed by atoms with Crippen LogP contribution in [-0.4, -0.2) is 40.7 Å². The summed E-state index contributed by atoms with van der Waals surface area (Å²) in [5.41, 5.74) is 0.938. The lowest BCUT2D eigenvalue weighted by molar-refractivity contribution is -0.115. The molecule has 0 aliphatic heterocycles. The summed E-state index contributed by atoms with van der Waals surface area (Å²) in [5.74, 6) is 1.45. The van der Waals surface area contributed by atoms with E-state index in [4.69, 9.17) is 0 Å². The minimum absolute atomic E-state index is 0.0756. The van der Waals surface area contributed by atoms with Crippen LogP contribution in [0, 0.1) is 0 Å². The fourth-order valence-corrected chi connectivity index (χ4v) is 4.01. The molecule has 1 amide bonds. The highest BCUT2D eigenvalue weighted by Gasteiger charge is 2.31. The topological polar surface area (TPSA) is 90.5 Å². The van der Waals surface area contributed by atoms with Gasteiger partial charge in [0.1, 0.15) is 5.82 Å². The van der Waals surface area contributed by atoms with Crippen LogP contribution in [0.25, 0.3) is 11.4 Å². The van der Waals surface area contributed by atoms with Crippen LogP contribution in [0.3, 0.4) is 0 Å². The largest absolute Gasteiger partial charge is 0.310 e. The number of hydrogen-bond acceptors (Lipinski definition) is 6. The third-order valence-electron chi connectivity index (χ3n) is 5.08. The van der Waals surface area contributed by atoms with Gasteiger partial charge in [0.2, 0.25) is 5.91 Å². The van der Waals surface area contributed by atoms with Crippen LogP contribution in [-0.2, 0) is 4.79 Å². The molecule has 2 atom stereocenters. The normalized spacial score (nSPS) is 15.8. The molecular formula is C20H25N7OS. The second-order valence-corrected chi connectivity index (χ2v) is 8.62. The highest BCUT2D eigenvalue weighted by atomic mass is 32.2. The molecule has 0 bridgehead atoms. The van der Waals surface area contributed by atoms with Gasteiger partial charge >= 0.3 is 0 Å². The molecule has 1 aliphatic carbocycles. The first-order chi connectivity index (χ1) is 14.1. The standard InChI is InChI=1S/C20H25N7OS/c1-4-13(2)27-17(9-11-22-27)23-19(28)14(3)29-20-25-24-18(26(20)16-7-8-16)15-6-5-10-21-12-15/h5-6,9-14,16H,4,7-8H2,1-3H3,(H,23,28)/t13-,14-/m1/s1. The van der Waals surface area contributed by atoms with Crippen molar-refractivity contribution in [1.82, 2.24) is 29.5 Å². The van der Waals surface area contributed by atoms with Crippen molar-refractivity contribution in [3.63, 3.8) is 0 Å². The maximum atomic E-state index is 12.8. The highest BCUT2D eigenvalue weighted by Crippen LogP contribution is 2.41. The molecule has 0 aromatic carbocycles. The van der Waals surface area contributed by atoms with Gasteiger partial charge in [-0.25, -0.2) is 4.68 Å². The molecule has 1 saturated carbocycles. The third-order valence-corrected chi connectivity index (χ3v) is 6.13. The molecule has 29 heavy (non-hydrogen) atoms. The van der Waals surface area contributed by atoms with E-state index in [1.165, 1.54) is 11.8 Å². The lowest BCUT2D eigenvalue weighted by atomic mass is 10.3. The molecule has 4 rings (SSSR count). The molecule has 1 aliphatic rings. The van der Waals surface area contributed by atoms with Crippen molar-refractivity contribution >= 4 is 23.5 Å². The van der Waals surface area contributed by atoms with Gasteiger partial charge in [-0.3, -0.25) is 14.3 Å². The average Bonchev–Trinajstić information content (AvgIpc) is 3.33. The zero-order chi connectivity index (χ0) is 20.4. The van der Waals surface area contributed by atoms with Crippen LogP contribution in [0.2, 0.25) is 0 Å². The van der Waals surface area contributed by atoms with Crippen LogP contribution in [0.15, 0.2) is 41.9 Å². The van der Waals surface area contributed by atoms with Crippen molar-refractivity contribution in [3.8, 4) is 11.4 Å². The van der Waals surface area contributed by atoms with Crippen molar-refractivity contribution in [3.05, 3.63) is 36.8 Å². The Hall–Kier alpha value is -2.68. The maximum absolute atomic E-state index is 12.8. The first-order valence-electron chi connectivity index (χ1n) is 9.94. The van der Waals surface area contributed by atoms with Crippen LogP contribution < -0.4 is 5.32 Å². The number of nitrogens with zero attached hydrogens (tertiary/aromatic N) is 6. The highest BCUT2D eigenvalue weighted by molar-refractivity contribution is 8.00. The number of thioether (sulfide) groups is 1. The number of amides is 1. The smallest absolute Gasteiger partial charge is 0.238 e. The number of aromatic nitrogens is 6. The molecule has 3 aromatic heterocycles. The van der Waals surface area contributed by atoms with Crippen molar-refractivity contribution in [1.29, 1.82) is 0 Å². The zero-order valence-corrected chi connectivity index (χ0v) is 17.6. The van der Waals surface area contributed by atoms with Gasteiger partial charge in [-0.05, 0) is 45.2 Å². The van der Waals surface area contributed by atoms with Gasteiger partial charge in [0.15, 0.2) is 11.0 Å². The Morgan fingerprint density at radius 3 is 2.79 bits per heavy atom. The van der Waals surface area contributed by atoms with E-state index in [1.807, 2.05) is 29.8 Å². The number of hydrogen-bond donors (Lipinski definition) is 1. The lowest BCUT2D eigenvalue weighted by Crippen LogP contribution is -2.25. The summed E-state index contributed by atoms with van der Waals surface area (Å²) in [7, 11) is 0. The third kappa shape index (κ3) is 4.19. The summed E-state index contributed by atoms with van der Waals surface area (Å²) in [6.45, 7) is 6.07. The van der Waals surface area contributed by atoms with Crippen molar-refractivity contribution in [2.45, 2.75) is 62.5 Å². The van der Waals surface area contributed by atoms with E-state index in [0.29, 0.717) is 6.04 Å². The zero-order valence-electron chi connectivity index (χ0n) is 16.8. The Kier molecular flexibility index (Phi) is 5.66. The van der Waals surface area contributed by atoms with Gasteiger partial charge in [-0.2, -0.15) is 5.10 Å². The molecule has 8 nitrogen and oxygen atoms in total. The molecule has 1 N–H and O–H groups in total. The summed E-state index contributed by atoms with van der Waals surface area (Å²) in [5, 5.41) is 16.6. The van der Waals surface area contributed by atoms with Gasteiger partial charge in [-0.1, -0.05) is 18.7 Å². The molecule has 3 aromatic rings. The van der Waals surface area contributed by atoms with Gasteiger partial charge in [0.25, 0.3) is 0 Å². The second-order valence-electron chi connectivity index (χ2n) is 7.32. The number of carbonyl (C=O) groups is 1. The molecule has 152 valence electrons. The van der Waals surface area contributed by atoms with Crippen LogP contribution in [0.4, 0.5) is 5.82 Å². The number of nitrogens with one attached hydrogen (secondary N) is 1. The first kappa shape index (κ1) is 19.6. The van der Waals surface area contributed by atoms with Gasteiger partial charge in [0, 0.05) is 30.1 Å². The molecule has 9 heteroatoms. The van der Waals surface area contributed by atoms with E-state index < -0.39 is 0 Å². The van der Waals surface area contributed by atoms with E-state index in [0.717, 1.165) is 41.6 Å². The van der Waals surface area contributed by atoms with Crippen molar-refractivity contribution in [2.75, 3.05) is 5.32 Å². The van der Waals surface area contributed by atoms with Gasteiger partial charge < -0.3 is 5.32 Å². The predicted molar refractivity (Wildman–Crippen MR) is 113 cm³/mol. The fourth-order valence-electron chi connectivity index (χ4n) is 3.09. The van der Waals surface area contributed by atoms with Gasteiger partial charge in [0.05, 0.1) is 17.5 Å².